The molecule has 0 aliphatic heterocycles. The Morgan fingerprint density at radius 3 is 2.63 bits per heavy atom. The van der Waals surface area contributed by atoms with E-state index in [9.17, 15) is 0 Å². The van der Waals surface area contributed by atoms with Crippen molar-refractivity contribution < 1.29 is 9.47 Å². The summed E-state index contributed by atoms with van der Waals surface area (Å²) >= 11 is 0. The van der Waals surface area contributed by atoms with Crippen LogP contribution in [-0.2, 0) is 11.3 Å². The molecule has 0 fully saturated rings. The molecule has 3 heteroatoms. The SMILES string of the molecule is COc1cccc(COCCCCNC(C)(C)C)c1. The second kappa shape index (κ2) is 8.18. The molecule has 0 aliphatic carbocycles. The first-order chi connectivity index (χ1) is 9.01. The molecule has 3 nitrogen and oxygen atoms in total. The van der Waals surface area contributed by atoms with Crippen molar-refractivity contribution in [2.24, 2.45) is 0 Å². The van der Waals surface area contributed by atoms with Crippen LogP contribution in [0.5, 0.6) is 5.75 Å². The minimum atomic E-state index is 0.210. The summed E-state index contributed by atoms with van der Waals surface area (Å²) in [5, 5.41) is 3.47. The van der Waals surface area contributed by atoms with Gasteiger partial charge in [0.1, 0.15) is 5.75 Å². The molecule has 19 heavy (non-hydrogen) atoms. The summed E-state index contributed by atoms with van der Waals surface area (Å²) in [6, 6.07) is 8.01. The van der Waals surface area contributed by atoms with Gasteiger partial charge in [-0.2, -0.15) is 0 Å². The first-order valence-corrected chi connectivity index (χ1v) is 6.97. The van der Waals surface area contributed by atoms with E-state index in [1.54, 1.807) is 7.11 Å². The zero-order valence-electron chi connectivity index (χ0n) is 12.7. The van der Waals surface area contributed by atoms with Gasteiger partial charge < -0.3 is 14.8 Å². The number of nitrogens with one attached hydrogen (secondary N) is 1. The molecular formula is C16H27NO2. The van der Waals surface area contributed by atoms with Crippen LogP contribution in [0.15, 0.2) is 24.3 Å². The minimum absolute atomic E-state index is 0.210. The highest BCUT2D eigenvalue weighted by Gasteiger charge is 2.06. The minimum Gasteiger partial charge on any atom is -0.497 e. The molecule has 0 amide bonds. The summed E-state index contributed by atoms with van der Waals surface area (Å²) < 4.78 is 10.9. The van der Waals surface area contributed by atoms with Gasteiger partial charge in [0.2, 0.25) is 0 Å². The first kappa shape index (κ1) is 16.0. The number of unbranched alkanes of at least 4 members (excludes halogenated alkanes) is 1. The van der Waals surface area contributed by atoms with E-state index in [1.165, 1.54) is 0 Å². The van der Waals surface area contributed by atoms with Crippen molar-refractivity contribution in [2.75, 3.05) is 20.3 Å². The number of methoxy groups -OCH3 is 1. The maximum Gasteiger partial charge on any atom is 0.119 e. The number of benzene rings is 1. The molecule has 0 saturated carbocycles. The molecular weight excluding hydrogens is 238 g/mol. The Balaban J connectivity index is 2.07. The molecule has 0 heterocycles. The second-order valence-electron chi connectivity index (χ2n) is 5.79. The van der Waals surface area contributed by atoms with Crippen LogP contribution in [0.2, 0.25) is 0 Å². The summed E-state index contributed by atoms with van der Waals surface area (Å²) in [6.45, 7) is 9.07. The molecule has 0 spiro atoms. The molecule has 0 saturated heterocycles. The zero-order valence-corrected chi connectivity index (χ0v) is 12.7. The van der Waals surface area contributed by atoms with Crippen molar-refractivity contribution in [1.29, 1.82) is 0 Å². The summed E-state index contributed by atoms with van der Waals surface area (Å²) in [5.74, 6) is 0.885. The van der Waals surface area contributed by atoms with Gasteiger partial charge in [0.15, 0.2) is 0 Å². The van der Waals surface area contributed by atoms with E-state index >= 15 is 0 Å². The predicted octanol–water partition coefficient (Wildman–Crippen LogP) is 3.38. The van der Waals surface area contributed by atoms with Crippen LogP contribution >= 0.6 is 0 Å². The Labute approximate surface area is 117 Å². The number of hydrogen-bond acceptors (Lipinski definition) is 3. The predicted molar refractivity (Wildman–Crippen MR) is 79.6 cm³/mol. The summed E-state index contributed by atoms with van der Waals surface area (Å²) in [6.07, 6.45) is 2.24. The third-order valence-electron chi connectivity index (χ3n) is 2.77. The third kappa shape index (κ3) is 7.85. The van der Waals surface area contributed by atoms with Crippen LogP contribution in [0.1, 0.15) is 39.2 Å². The van der Waals surface area contributed by atoms with Crippen LogP contribution in [0.3, 0.4) is 0 Å². The quantitative estimate of drug-likeness (QED) is 0.731. The molecule has 108 valence electrons. The number of ether oxygens (including phenoxy) is 2. The lowest BCUT2D eigenvalue weighted by molar-refractivity contribution is 0.116. The van der Waals surface area contributed by atoms with Gasteiger partial charge in [0.25, 0.3) is 0 Å². The number of hydrogen-bond donors (Lipinski definition) is 1. The van der Waals surface area contributed by atoms with Gasteiger partial charge in [-0.3, -0.25) is 0 Å². The van der Waals surface area contributed by atoms with Gasteiger partial charge in [-0.1, -0.05) is 12.1 Å². The highest BCUT2D eigenvalue weighted by Crippen LogP contribution is 2.13. The van der Waals surface area contributed by atoms with E-state index in [2.05, 4.69) is 32.2 Å². The van der Waals surface area contributed by atoms with Crippen LogP contribution < -0.4 is 10.1 Å². The van der Waals surface area contributed by atoms with Crippen molar-refractivity contribution in [3.8, 4) is 5.75 Å². The molecule has 0 radical (unpaired) electrons. The Morgan fingerprint density at radius 2 is 1.95 bits per heavy atom. The standard InChI is InChI=1S/C16H27NO2/c1-16(2,3)17-10-5-6-11-19-13-14-8-7-9-15(12-14)18-4/h7-9,12,17H,5-6,10-11,13H2,1-4H3. The van der Waals surface area contributed by atoms with E-state index in [0.717, 1.165) is 37.3 Å². The molecule has 0 unspecified atom stereocenters. The Bertz CT molecular complexity index is 358. The van der Waals surface area contributed by atoms with Crippen molar-refractivity contribution in [3.05, 3.63) is 29.8 Å². The van der Waals surface area contributed by atoms with Crippen LogP contribution in [0, 0.1) is 0 Å². The summed E-state index contributed by atoms with van der Waals surface area (Å²) in [5.41, 5.74) is 1.37. The Hall–Kier alpha value is -1.06. The first-order valence-electron chi connectivity index (χ1n) is 6.97. The van der Waals surface area contributed by atoms with E-state index in [-0.39, 0.29) is 5.54 Å². The molecule has 0 atom stereocenters. The van der Waals surface area contributed by atoms with Gasteiger partial charge in [-0.15, -0.1) is 0 Å². The van der Waals surface area contributed by atoms with Crippen molar-refractivity contribution in [1.82, 2.24) is 5.32 Å². The Kier molecular flexibility index (Phi) is 6.89. The van der Waals surface area contributed by atoms with Crippen molar-refractivity contribution in [3.63, 3.8) is 0 Å². The smallest absolute Gasteiger partial charge is 0.119 e. The topological polar surface area (TPSA) is 30.5 Å². The van der Waals surface area contributed by atoms with Gasteiger partial charge in [0, 0.05) is 12.1 Å². The summed E-state index contributed by atoms with van der Waals surface area (Å²) in [7, 11) is 1.68. The molecule has 1 aromatic rings. The monoisotopic (exact) mass is 265 g/mol. The largest absolute Gasteiger partial charge is 0.497 e. The van der Waals surface area contributed by atoms with Crippen molar-refractivity contribution in [2.45, 2.75) is 45.8 Å². The molecule has 0 bridgehead atoms. The molecule has 0 aromatic heterocycles. The van der Waals surface area contributed by atoms with Gasteiger partial charge >= 0.3 is 0 Å². The average molecular weight is 265 g/mol. The highest BCUT2D eigenvalue weighted by atomic mass is 16.5. The van der Waals surface area contributed by atoms with Crippen LogP contribution in [0.25, 0.3) is 0 Å². The maximum atomic E-state index is 5.67. The normalized spacial score (nSPS) is 11.6. The van der Waals surface area contributed by atoms with Crippen LogP contribution in [0.4, 0.5) is 0 Å². The van der Waals surface area contributed by atoms with Crippen LogP contribution in [-0.4, -0.2) is 25.8 Å². The molecule has 1 N–H and O–H groups in total. The molecule has 1 aromatic carbocycles. The lowest BCUT2D eigenvalue weighted by atomic mass is 10.1. The molecule has 0 aliphatic rings. The lowest BCUT2D eigenvalue weighted by Gasteiger charge is -2.20. The van der Waals surface area contributed by atoms with E-state index in [1.807, 2.05) is 18.2 Å². The lowest BCUT2D eigenvalue weighted by Crippen LogP contribution is -2.36. The fraction of sp³-hybridized carbons (Fsp3) is 0.625. The van der Waals surface area contributed by atoms with Crippen molar-refractivity contribution >= 4 is 0 Å². The van der Waals surface area contributed by atoms with E-state index in [4.69, 9.17) is 9.47 Å². The third-order valence-corrected chi connectivity index (χ3v) is 2.77. The number of rotatable bonds is 8. The summed E-state index contributed by atoms with van der Waals surface area (Å²) in [4.78, 5) is 0. The maximum absolute atomic E-state index is 5.67. The second-order valence-corrected chi connectivity index (χ2v) is 5.79. The van der Waals surface area contributed by atoms with Gasteiger partial charge in [0.05, 0.1) is 13.7 Å². The van der Waals surface area contributed by atoms with E-state index < -0.39 is 0 Å². The fourth-order valence-corrected chi connectivity index (χ4v) is 1.74. The molecule has 1 rings (SSSR count). The average Bonchev–Trinajstić information content (AvgIpc) is 2.36. The van der Waals surface area contributed by atoms with E-state index in [0.29, 0.717) is 6.61 Å². The highest BCUT2D eigenvalue weighted by molar-refractivity contribution is 5.27. The van der Waals surface area contributed by atoms with Gasteiger partial charge in [-0.05, 0) is 57.9 Å². The zero-order chi connectivity index (χ0) is 14.1. The Morgan fingerprint density at radius 1 is 1.16 bits per heavy atom. The van der Waals surface area contributed by atoms with Gasteiger partial charge in [-0.25, -0.2) is 0 Å². The fourth-order valence-electron chi connectivity index (χ4n) is 1.74.